The van der Waals surface area contributed by atoms with Gasteiger partial charge in [0.05, 0.1) is 5.75 Å². The molecule has 0 spiro atoms. The van der Waals surface area contributed by atoms with Crippen LogP contribution in [0.2, 0.25) is 0 Å². The van der Waals surface area contributed by atoms with Crippen molar-refractivity contribution in [3.8, 4) is 0 Å². The molecular formula is C7H5N3O2S. The summed E-state index contributed by atoms with van der Waals surface area (Å²) < 4.78 is 1.28. The fraction of sp³-hybridized carbons (Fsp3) is 0.143. The maximum Gasteiger partial charge on any atom is 0.306 e. The Bertz CT molecular complexity index is 354. The Hall–Kier alpha value is -1.43. The third-order valence-electron chi connectivity index (χ3n) is 1.52. The second kappa shape index (κ2) is 3.14. The molecule has 2 rings (SSSR count). The number of amides is 1. The predicted octanol–water partition coefficient (Wildman–Crippen LogP) is 0.0405. The number of anilines is 1. The summed E-state index contributed by atoms with van der Waals surface area (Å²) >= 11 is 1.16. The molecule has 2 heterocycles. The number of ketones is 1. The minimum atomic E-state index is -0.510. The van der Waals surface area contributed by atoms with Gasteiger partial charge in [0.2, 0.25) is 5.78 Å². The van der Waals surface area contributed by atoms with Gasteiger partial charge in [-0.05, 0) is 11.9 Å². The number of nitrogens with zero attached hydrogens (tertiary/aromatic N) is 3. The molecule has 1 aromatic rings. The van der Waals surface area contributed by atoms with Crippen LogP contribution < -0.4 is 4.31 Å². The molecule has 1 aliphatic heterocycles. The molecule has 1 amide bonds. The van der Waals surface area contributed by atoms with Crippen molar-refractivity contribution in [3.05, 3.63) is 18.6 Å². The van der Waals surface area contributed by atoms with E-state index in [0.717, 1.165) is 11.9 Å². The minimum Gasteiger partial charge on any atom is -0.288 e. The third-order valence-corrected chi connectivity index (χ3v) is 2.52. The molecule has 0 bridgehead atoms. The topological polar surface area (TPSA) is 63.2 Å². The highest BCUT2D eigenvalue weighted by Crippen LogP contribution is 2.24. The molecule has 13 heavy (non-hydrogen) atoms. The molecule has 0 unspecified atom stereocenters. The van der Waals surface area contributed by atoms with E-state index in [0.29, 0.717) is 5.82 Å². The van der Waals surface area contributed by atoms with Gasteiger partial charge in [-0.2, -0.15) is 0 Å². The van der Waals surface area contributed by atoms with Crippen molar-refractivity contribution in [2.45, 2.75) is 0 Å². The number of hydrogen-bond acceptors (Lipinski definition) is 5. The quantitative estimate of drug-likeness (QED) is 0.467. The van der Waals surface area contributed by atoms with E-state index in [1.165, 1.54) is 16.8 Å². The van der Waals surface area contributed by atoms with Crippen molar-refractivity contribution >= 4 is 29.5 Å². The highest BCUT2D eigenvalue weighted by atomic mass is 32.2. The summed E-state index contributed by atoms with van der Waals surface area (Å²) in [4.78, 5) is 29.7. The van der Waals surface area contributed by atoms with Crippen molar-refractivity contribution in [2.75, 3.05) is 10.1 Å². The number of aromatic nitrogens is 2. The van der Waals surface area contributed by atoms with Crippen LogP contribution in [-0.4, -0.2) is 27.4 Å². The molecular weight excluding hydrogens is 190 g/mol. The molecule has 5 nitrogen and oxygen atoms in total. The first-order chi connectivity index (χ1) is 6.29. The Labute approximate surface area is 78.3 Å². The van der Waals surface area contributed by atoms with Gasteiger partial charge in [0.1, 0.15) is 12.1 Å². The van der Waals surface area contributed by atoms with Crippen LogP contribution >= 0.6 is 11.9 Å². The van der Waals surface area contributed by atoms with Crippen LogP contribution in [-0.2, 0) is 9.59 Å². The van der Waals surface area contributed by atoms with Crippen LogP contribution in [0.25, 0.3) is 0 Å². The molecule has 0 radical (unpaired) electrons. The van der Waals surface area contributed by atoms with Crippen molar-refractivity contribution in [1.29, 1.82) is 0 Å². The molecule has 66 valence electrons. The van der Waals surface area contributed by atoms with Gasteiger partial charge in [-0.15, -0.1) is 0 Å². The van der Waals surface area contributed by atoms with Crippen molar-refractivity contribution in [2.24, 2.45) is 0 Å². The first-order valence-electron chi connectivity index (χ1n) is 3.55. The first kappa shape index (κ1) is 8.18. The molecule has 1 aromatic heterocycles. The summed E-state index contributed by atoms with van der Waals surface area (Å²) in [7, 11) is 0. The van der Waals surface area contributed by atoms with Gasteiger partial charge < -0.3 is 0 Å². The Morgan fingerprint density at radius 3 is 2.85 bits per heavy atom. The third kappa shape index (κ3) is 1.40. The molecule has 6 heteroatoms. The van der Waals surface area contributed by atoms with E-state index in [9.17, 15) is 9.59 Å². The lowest BCUT2D eigenvalue weighted by atomic mass is 10.4. The second-order valence-electron chi connectivity index (χ2n) is 2.36. The van der Waals surface area contributed by atoms with Gasteiger partial charge in [0, 0.05) is 12.3 Å². The molecule has 1 fully saturated rings. The van der Waals surface area contributed by atoms with Gasteiger partial charge in [-0.1, -0.05) is 0 Å². The number of Topliss-reactive ketones (excluding diaryl/α,β-unsaturated/α-hetero) is 1. The van der Waals surface area contributed by atoms with Gasteiger partial charge in [-0.25, -0.2) is 14.3 Å². The summed E-state index contributed by atoms with van der Waals surface area (Å²) in [5, 5.41) is 0. The summed E-state index contributed by atoms with van der Waals surface area (Å²) in [6, 6.07) is 1.59. The minimum absolute atomic E-state index is 0.197. The molecule has 0 saturated carbocycles. The molecule has 0 N–H and O–H groups in total. The lowest BCUT2D eigenvalue weighted by molar-refractivity contribution is -0.133. The number of rotatable bonds is 1. The predicted molar refractivity (Wildman–Crippen MR) is 47.0 cm³/mol. The number of carbonyl (C=O) groups is 2. The van der Waals surface area contributed by atoms with E-state index in [4.69, 9.17) is 0 Å². The zero-order valence-corrected chi connectivity index (χ0v) is 7.32. The van der Waals surface area contributed by atoms with Crippen LogP contribution in [0.1, 0.15) is 0 Å². The molecule has 0 atom stereocenters. The second-order valence-corrected chi connectivity index (χ2v) is 3.28. The van der Waals surface area contributed by atoms with Gasteiger partial charge in [0.15, 0.2) is 0 Å². The van der Waals surface area contributed by atoms with E-state index >= 15 is 0 Å². The number of carbonyl (C=O) groups excluding carboxylic acids is 2. The monoisotopic (exact) mass is 195 g/mol. The zero-order chi connectivity index (χ0) is 9.26. The van der Waals surface area contributed by atoms with E-state index in [2.05, 4.69) is 9.97 Å². The van der Waals surface area contributed by atoms with Crippen LogP contribution in [0, 0.1) is 0 Å². The van der Waals surface area contributed by atoms with E-state index in [1.54, 1.807) is 6.07 Å². The highest BCUT2D eigenvalue weighted by molar-refractivity contribution is 8.03. The Morgan fingerprint density at radius 1 is 1.46 bits per heavy atom. The molecule has 1 aliphatic rings. The van der Waals surface area contributed by atoms with E-state index < -0.39 is 5.91 Å². The maximum atomic E-state index is 11.2. The first-order valence-corrected chi connectivity index (χ1v) is 4.49. The fourth-order valence-electron chi connectivity index (χ4n) is 0.931. The summed E-state index contributed by atoms with van der Waals surface area (Å²) in [5.74, 6) is -0.244. The van der Waals surface area contributed by atoms with Crippen molar-refractivity contribution < 1.29 is 9.59 Å². The lowest BCUT2D eigenvalue weighted by Gasteiger charge is -2.09. The molecule has 0 aliphatic carbocycles. The standard InChI is InChI=1S/C7H5N3O2S/c11-5-3-13-10(7(5)12)6-1-2-8-4-9-6/h1-2,4H,3H2. The van der Waals surface area contributed by atoms with Crippen LogP contribution in [0.3, 0.4) is 0 Å². The summed E-state index contributed by atoms with van der Waals surface area (Å²) in [5.41, 5.74) is 0. The van der Waals surface area contributed by atoms with Crippen molar-refractivity contribution in [1.82, 2.24) is 9.97 Å². The fourth-order valence-corrected chi connectivity index (χ4v) is 1.76. The average Bonchev–Trinajstić information content (AvgIpc) is 2.49. The van der Waals surface area contributed by atoms with Crippen LogP contribution in [0.5, 0.6) is 0 Å². The largest absolute Gasteiger partial charge is 0.306 e. The zero-order valence-electron chi connectivity index (χ0n) is 6.51. The summed E-state index contributed by atoms with van der Waals surface area (Å²) in [6.45, 7) is 0. The average molecular weight is 195 g/mol. The van der Waals surface area contributed by atoms with Crippen LogP contribution in [0.15, 0.2) is 18.6 Å². The maximum absolute atomic E-state index is 11.2. The molecule has 1 saturated heterocycles. The Balaban J connectivity index is 2.29. The smallest absolute Gasteiger partial charge is 0.288 e. The summed E-state index contributed by atoms with van der Waals surface area (Å²) in [6.07, 6.45) is 2.87. The highest BCUT2D eigenvalue weighted by Gasteiger charge is 2.32. The Kier molecular flexibility index (Phi) is 1.97. The normalized spacial score (nSPS) is 16.8. The number of hydrogen-bond donors (Lipinski definition) is 0. The van der Waals surface area contributed by atoms with E-state index in [-0.39, 0.29) is 11.5 Å². The van der Waals surface area contributed by atoms with Gasteiger partial charge >= 0.3 is 5.91 Å². The van der Waals surface area contributed by atoms with E-state index in [1.807, 2.05) is 0 Å². The SMILES string of the molecule is O=C1CSN(c2ccncn2)C1=O. The van der Waals surface area contributed by atoms with Crippen LogP contribution in [0.4, 0.5) is 5.82 Å². The lowest BCUT2D eigenvalue weighted by Crippen LogP contribution is -2.23. The Morgan fingerprint density at radius 2 is 2.31 bits per heavy atom. The van der Waals surface area contributed by atoms with Gasteiger partial charge in [-0.3, -0.25) is 9.59 Å². The molecule has 0 aromatic carbocycles. The van der Waals surface area contributed by atoms with Gasteiger partial charge in [0.25, 0.3) is 0 Å². The van der Waals surface area contributed by atoms with Crippen molar-refractivity contribution in [3.63, 3.8) is 0 Å².